The largest absolute Gasteiger partial charge is 0.369 e. The Hall–Kier alpha value is -0.830. The van der Waals surface area contributed by atoms with E-state index in [-0.39, 0.29) is 12.2 Å². The van der Waals surface area contributed by atoms with Crippen molar-refractivity contribution in [3.8, 4) is 0 Å². The Morgan fingerprint density at radius 3 is 1.92 bits per heavy atom. The number of hydrogen-bond acceptors (Lipinski definition) is 4. The van der Waals surface area contributed by atoms with E-state index in [1.165, 1.54) is 12.0 Å². The monoisotopic (exact) mass is 353 g/mol. The normalized spacial score (nSPS) is 18.1. The molecule has 0 spiro atoms. The molecule has 0 bridgehead atoms. The van der Waals surface area contributed by atoms with E-state index in [1.807, 2.05) is 39.8 Å². The minimum atomic E-state index is -3.33. The lowest BCUT2D eigenvalue weighted by molar-refractivity contribution is 0.121. The number of nitrogens with one attached hydrogen (secondary N) is 1. The lowest BCUT2D eigenvalue weighted by Gasteiger charge is -2.44. The molecule has 0 atom stereocenters. The summed E-state index contributed by atoms with van der Waals surface area (Å²) in [6.07, 6.45) is 4.55. The highest BCUT2D eigenvalue weighted by molar-refractivity contribution is 7.55. The van der Waals surface area contributed by atoms with Crippen molar-refractivity contribution in [2.24, 2.45) is 0 Å². The predicted octanol–water partition coefficient (Wildman–Crippen LogP) is 6.11. The molecule has 1 aliphatic rings. The molecule has 0 aromatic heterocycles. The Balaban J connectivity index is 2.39. The van der Waals surface area contributed by atoms with E-state index < -0.39 is 12.9 Å². The van der Waals surface area contributed by atoms with E-state index in [9.17, 15) is 4.57 Å². The van der Waals surface area contributed by atoms with Gasteiger partial charge >= 0.3 is 7.60 Å². The van der Waals surface area contributed by atoms with Gasteiger partial charge < -0.3 is 14.4 Å². The van der Waals surface area contributed by atoms with Gasteiger partial charge in [-0.2, -0.15) is 0 Å². The second-order valence-electron chi connectivity index (χ2n) is 7.39. The summed E-state index contributed by atoms with van der Waals surface area (Å²) in [5, 5.41) is 2.92. The van der Waals surface area contributed by atoms with Crippen molar-refractivity contribution in [1.29, 1.82) is 0 Å². The van der Waals surface area contributed by atoms with Gasteiger partial charge in [0.1, 0.15) is 5.28 Å². The summed E-state index contributed by atoms with van der Waals surface area (Å²) in [5.74, 6) is 0. The van der Waals surface area contributed by atoms with Crippen molar-refractivity contribution >= 4 is 13.3 Å². The molecule has 136 valence electrons. The molecule has 0 unspecified atom stereocenters. The van der Waals surface area contributed by atoms with Crippen molar-refractivity contribution in [2.75, 3.05) is 5.32 Å². The van der Waals surface area contributed by atoms with Crippen LogP contribution in [0.2, 0.25) is 0 Å². The third-order valence-corrected chi connectivity index (χ3v) is 7.34. The molecule has 1 aliphatic carbocycles. The molecule has 1 saturated carbocycles. The van der Waals surface area contributed by atoms with Crippen LogP contribution in [0, 0.1) is 6.92 Å². The van der Waals surface area contributed by atoms with Crippen molar-refractivity contribution in [1.82, 2.24) is 0 Å². The van der Waals surface area contributed by atoms with Gasteiger partial charge in [0.25, 0.3) is 0 Å². The smallest absolute Gasteiger partial charge is 0.356 e. The van der Waals surface area contributed by atoms with E-state index in [2.05, 4.69) is 24.4 Å². The minimum Gasteiger partial charge on any atom is -0.369 e. The summed E-state index contributed by atoms with van der Waals surface area (Å²) < 4.78 is 25.8. The summed E-state index contributed by atoms with van der Waals surface area (Å²) in [7, 11) is -3.33. The zero-order valence-electron chi connectivity index (χ0n) is 15.7. The summed E-state index contributed by atoms with van der Waals surface area (Å²) >= 11 is 0. The fourth-order valence-electron chi connectivity index (χ4n) is 3.29. The Morgan fingerprint density at radius 2 is 1.46 bits per heavy atom. The van der Waals surface area contributed by atoms with Crippen molar-refractivity contribution in [2.45, 2.75) is 84.2 Å². The summed E-state index contributed by atoms with van der Waals surface area (Å²) in [5.41, 5.74) is 2.18. The maximum atomic E-state index is 13.9. The topological polar surface area (TPSA) is 47.6 Å². The second-order valence-corrected chi connectivity index (χ2v) is 9.66. The van der Waals surface area contributed by atoms with Crippen LogP contribution in [0.5, 0.6) is 0 Å². The molecule has 1 N–H and O–H groups in total. The van der Waals surface area contributed by atoms with Crippen LogP contribution in [0.25, 0.3) is 0 Å². The van der Waals surface area contributed by atoms with Gasteiger partial charge in [-0.15, -0.1) is 0 Å². The lowest BCUT2D eigenvalue weighted by Crippen LogP contribution is -2.42. The third-order valence-electron chi connectivity index (χ3n) is 4.33. The van der Waals surface area contributed by atoms with Crippen LogP contribution in [0.15, 0.2) is 24.3 Å². The Morgan fingerprint density at radius 1 is 0.958 bits per heavy atom. The second kappa shape index (κ2) is 8.03. The minimum absolute atomic E-state index is 0.145. The summed E-state index contributed by atoms with van der Waals surface area (Å²) in [6, 6.07) is 8.22. The van der Waals surface area contributed by atoms with E-state index in [0.717, 1.165) is 31.4 Å². The lowest BCUT2D eigenvalue weighted by atomic mass is 9.94. The molecule has 24 heavy (non-hydrogen) atoms. The van der Waals surface area contributed by atoms with Crippen molar-refractivity contribution in [3.63, 3.8) is 0 Å². The highest BCUT2D eigenvalue weighted by atomic mass is 31.2. The number of hydrogen-bond donors (Lipinski definition) is 1. The standard InChI is InChI=1S/C19H32NO3P/c1-15(2)22-24(21,23-16(3)4)19(13-7-6-8-14-19)20-18-11-9-17(5)10-12-18/h9-12,15-16,20H,6-8,13-14H2,1-5H3. The Kier molecular flexibility index (Phi) is 6.52. The first-order valence-electron chi connectivity index (χ1n) is 9.08. The average Bonchev–Trinajstić information content (AvgIpc) is 2.49. The number of anilines is 1. The van der Waals surface area contributed by atoms with Crippen molar-refractivity contribution in [3.05, 3.63) is 29.8 Å². The predicted molar refractivity (Wildman–Crippen MR) is 101 cm³/mol. The molecule has 0 saturated heterocycles. The van der Waals surface area contributed by atoms with Gasteiger partial charge in [0.15, 0.2) is 0 Å². The van der Waals surface area contributed by atoms with Crippen LogP contribution in [0.3, 0.4) is 0 Å². The van der Waals surface area contributed by atoms with Crippen LogP contribution in [0.4, 0.5) is 5.69 Å². The number of benzene rings is 1. The van der Waals surface area contributed by atoms with E-state index in [1.54, 1.807) is 0 Å². The molecule has 2 rings (SSSR count). The Bertz CT molecular complexity index is 548. The molecule has 0 amide bonds. The molecule has 5 heteroatoms. The van der Waals surface area contributed by atoms with Crippen LogP contribution >= 0.6 is 7.60 Å². The SMILES string of the molecule is Cc1ccc(NC2(P(=O)(OC(C)C)OC(C)C)CCCCC2)cc1. The third kappa shape index (κ3) is 4.62. The van der Waals surface area contributed by atoms with Gasteiger partial charge in [-0.3, -0.25) is 4.57 Å². The van der Waals surface area contributed by atoms with Gasteiger partial charge in [-0.1, -0.05) is 37.0 Å². The fourth-order valence-corrected chi connectivity index (χ4v) is 5.98. The first-order valence-corrected chi connectivity index (χ1v) is 10.6. The van der Waals surface area contributed by atoms with Crippen LogP contribution in [-0.4, -0.2) is 17.5 Å². The maximum Gasteiger partial charge on any atom is 0.356 e. The van der Waals surface area contributed by atoms with Gasteiger partial charge in [0.05, 0.1) is 12.2 Å². The van der Waals surface area contributed by atoms with E-state index >= 15 is 0 Å². The van der Waals surface area contributed by atoms with Gasteiger partial charge in [-0.05, 0) is 59.6 Å². The molecular formula is C19H32NO3P. The highest BCUT2D eigenvalue weighted by Gasteiger charge is 2.52. The Labute approximate surface area is 146 Å². The highest BCUT2D eigenvalue weighted by Crippen LogP contribution is 2.66. The molecule has 1 fully saturated rings. The van der Waals surface area contributed by atoms with E-state index in [4.69, 9.17) is 9.05 Å². The molecule has 4 nitrogen and oxygen atoms in total. The summed E-state index contributed by atoms with van der Waals surface area (Å²) in [4.78, 5) is 0. The quantitative estimate of drug-likeness (QED) is 0.601. The number of aryl methyl sites for hydroxylation is 1. The average molecular weight is 353 g/mol. The van der Waals surface area contributed by atoms with Crippen LogP contribution in [-0.2, 0) is 13.6 Å². The zero-order valence-corrected chi connectivity index (χ0v) is 16.6. The molecule has 1 aromatic carbocycles. The maximum absolute atomic E-state index is 13.9. The van der Waals surface area contributed by atoms with Crippen LogP contribution in [0.1, 0.15) is 65.4 Å². The zero-order chi connectivity index (χ0) is 17.8. The van der Waals surface area contributed by atoms with Crippen LogP contribution < -0.4 is 5.32 Å². The molecule has 0 heterocycles. The first-order chi connectivity index (χ1) is 11.3. The molecule has 1 aromatic rings. The van der Waals surface area contributed by atoms with Gasteiger partial charge in [0.2, 0.25) is 0 Å². The first kappa shape index (κ1) is 19.5. The molecule has 0 aliphatic heterocycles. The van der Waals surface area contributed by atoms with Gasteiger partial charge in [-0.25, -0.2) is 0 Å². The molecule has 0 radical (unpaired) electrons. The van der Waals surface area contributed by atoms with Crippen molar-refractivity contribution < 1.29 is 13.6 Å². The summed E-state index contributed by atoms with van der Waals surface area (Å²) in [6.45, 7) is 9.73. The number of rotatable bonds is 7. The fraction of sp³-hybridized carbons (Fsp3) is 0.684. The van der Waals surface area contributed by atoms with Gasteiger partial charge in [0, 0.05) is 5.69 Å². The van der Waals surface area contributed by atoms with E-state index in [0.29, 0.717) is 0 Å². The molecular weight excluding hydrogens is 321 g/mol.